The summed E-state index contributed by atoms with van der Waals surface area (Å²) in [4.78, 5) is 40.2. The van der Waals surface area contributed by atoms with Crippen molar-refractivity contribution in [1.82, 2.24) is 4.90 Å². The van der Waals surface area contributed by atoms with Crippen LogP contribution in [0.5, 0.6) is 0 Å². The van der Waals surface area contributed by atoms with Crippen molar-refractivity contribution in [3.05, 3.63) is 23.8 Å². The zero-order valence-electron chi connectivity index (χ0n) is 26.2. The number of esters is 1. The van der Waals surface area contributed by atoms with Crippen LogP contribution < -0.4 is 0 Å². The van der Waals surface area contributed by atoms with Crippen LogP contribution in [0, 0.1) is 23.7 Å². The van der Waals surface area contributed by atoms with Gasteiger partial charge in [0.05, 0.1) is 43.5 Å². The van der Waals surface area contributed by atoms with Gasteiger partial charge in [-0.2, -0.15) is 0 Å². The van der Waals surface area contributed by atoms with Crippen LogP contribution in [0.1, 0.15) is 53.9 Å². The Morgan fingerprint density at radius 1 is 1.10 bits per heavy atom. The third-order valence-corrected chi connectivity index (χ3v) is 8.41. The Hall–Kier alpha value is -1.99. The van der Waals surface area contributed by atoms with E-state index < -0.39 is 72.7 Å². The molecule has 0 aliphatic carbocycles. The van der Waals surface area contributed by atoms with Crippen LogP contribution in [0.25, 0.3) is 0 Å². The standard InChI is InChI=1S/C31H51NO10/c1-9-25-22(16-39-8)12-17(2)10-11-23(34)18(3)13-21(15-33)30(19(4)24(35)14-26(36)41-25)42-31-29(38)27(32(6)7)28(37)20(5)40-31/h10-12,15,18-22,24-25,27-31,35,37-38H,9,13-14,16H2,1-8H3/b11-10-,17-12+/t18-,19+,20-,21?,22-,24-,25-,27+,28-,29-,30-,31+/m1/s1. The average molecular weight is 598 g/mol. The van der Waals surface area contributed by atoms with Crippen LogP contribution in [0.15, 0.2) is 23.8 Å². The van der Waals surface area contributed by atoms with Gasteiger partial charge in [0, 0.05) is 30.8 Å². The van der Waals surface area contributed by atoms with Crippen molar-refractivity contribution in [2.75, 3.05) is 27.8 Å². The van der Waals surface area contributed by atoms with Crippen molar-refractivity contribution in [3.63, 3.8) is 0 Å². The van der Waals surface area contributed by atoms with E-state index in [1.165, 1.54) is 6.08 Å². The number of ketones is 1. The summed E-state index contributed by atoms with van der Waals surface area (Å²) in [5.74, 6) is -3.32. The lowest BCUT2D eigenvalue weighted by Crippen LogP contribution is -2.63. The number of likely N-dealkylation sites (N-methyl/N-ethyl adjacent to an activating group) is 1. The van der Waals surface area contributed by atoms with Crippen LogP contribution in [0.2, 0.25) is 0 Å². The zero-order valence-corrected chi connectivity index (χ0v) is 26.2. The highest BCUT2D eigenvalue weighted by Gasteiger charge is 2.47. The molecule has 2 heterocycles. The summed E-state index contributed by atoms with van der Waals surface area (Å²) >= 11 is 0. The van der Waals surface area contributed by atoms with E-state index in [2.05, 4.69) is 0 Å². The fourth-order valence-electron chi connectivity index (χ4n) is 5.79. The fourth-order valence-corrected chi connectivity index (χ4v) is 5.79. The summed E-state index contributed by atoms with van der Waals surface area (Å²) in [7, 11) is 4.98. The fraction of sp³-hybridized carbons (Fsp3) is 0.774. The summed E-state index contributed by atoms with van der Waals surface area (Å²) < 4.78 is 23.2. The number of ether oxygens (including phenoxy) is 4. The lowest BCUT2D eigenvalue weighted by molar-refractivity contribution is -0.302. The molecule has 0 radical (unpaired) electrons. The first-order valence-electron chi connectivity index (χ1n) is 14.8. The number of carbonyl (C=O) groups is 3. The van der Waals surface area contributed by atoms with E-state index in [-0.39, 0.29) is 24.5 Å². The smallest absolute Gasteiger partial charge is 0.308 e. The van der Waals surface area contributed by atoms with E-state index >= 15 is 0 Å². The van der Waals surface area contributed by atoms with Gasteiger partial charge in [0.25, 0.3) is 0 Å². The lowest BCUT2D eigenvalue weighted by Gasteiger charge is -2.46. The minimum atomic E-state index is -1.28. The summed E-state index contributed by atoms with van der Waals surface area (Å²) in [6.45, 7) is 9.03. The van der Waals surface area contributed by atoms with E-state index in [1.807, 2.05) is 19.9 Å². The molecule has 0 spiro atoms. The van der Waals surface area contributed by atoms with Crippen LogP contribution >= 0.6 is 0 Å². The molecule has 240 valence electrons. The van der Waals surface area contributed by atoms with Crippen molar-refractivity contribution in [2.24, 2.45) is 23.7 Å². The molecule has 0 aromatic rings. The average Bonchev–Trinajstić information content (AvgIpc) is 2.93. The molecular weight excluding hydrogens is 546 g/mol. The first kappa shape index (κ1) is 36.2. The second-order valence-corrected chi connectivity index (χ2v) is 12.0. The lowest BCUT2D eigenvalue weighted by atomic mass is 9.81. The van der Waals surface area contributed by atoms with E-state index in [0.29, 0.717) is 19.3 Å². The second-order valence-electron chi connectivity index (χ2n) is 12.0. The van der Waals surface area contributed by atoms with E-state index in [1.54, 1.807) is 53.0 Å². The van der Waals surface area contributed by atoms with Crippen LogP contribution in [-0.4, -0.2) is 115 Å². The number of nitrogens with zero attached hydrogens (tertiary/aromatic N) is 1. The topological polar surface area (TPSA) is 152 Å². The quantitative estimate of drug-likeness (QED) is 0.290. The number of hydrogen-bond acceptors (Lipinski definition) is 11. The summed E-state index contributed by atoms with van der Waals surface area (Å²) in [6.07, 6.45) is -1.08. The van der Waals surface area contributed by atoms with Gasteiger partial charge in [-0.15, -0.1) is 0 Å². The third kappa shape index (κ3) is 9.51. The van der Waals surface area contributed by atoms with Gasteiger partial charge in [-0.3, -0.25) is 9.59 Å². The van der Waals surface area contributed by atoms with Gasteiger partial charge in [0.1, 0.15) is 18.5 Å². The van der Waals surface area contributed by atoms with Crippen molar-refractivity contribution in [1.29, 1.82) is 0 Å². The summed E-state index contributed by atoms with van der Waals surface area (Å²) in [6, 6.07) is -0.720. The number of hydrogen-bond donors (Lipinski definition) is 3. The summed E-state index contributed by atoms with van der Waals surface area (Å²) in [5.41, 5.74) is 0.788. The molecule has 3 N–H and O–H groups in total. The number of aliphatic hydroxyl groups is 3. The molecule has 11 heteroatoms. The van der Waals surface area contributed by atoms with Gasteiger partial charge in [-0.05, 0) is 46.9 Å². The molecule has 1 unspecified atom stereocenters. The van der Waals surface area contributed by atoms with E-state index in [0.717, 1.165) is 5.57 Å². The highest BCUT2D eigenvalue weighted by atomic mass is 16.7. The minimum absolute atomic E-state index is 0.101. The number of methoxy groups -OCH3 is 1. The van der Waals surface area contributed by atoms with Gasteiger partial charge in [-0.25, -0.2) is 0 Å². The highest BCUT2D eigenvalue weighted by molar-refractivity contribution is 5.92. The number of carbonyl (C=O) groups excluding carboxylic acids is 3. The first-order valence-corrected chi connectivity index (χ1v) is 14.8. The molecule has 0 aromatic carbocycles. The van der Waals surface area contributed by atoms with Crippen molar-refractivity contribution in [3.8, 4) is 0 Å². The first-order chi connectivity index (χ1) is 19.7. The predicted molar refractivity (Wildman–Crippen MR) is 155 cm³/mol. The van der Waals surface area contributed by atoms with Crippen molar-refractivity contribution in [2.45, 2.75) is 103 Å². The van der Waals surface area contributed by atoms with Gasteiger partial charge in [-0.1, -0.05) is 38.5 Å². The Morgan fingerprint density at radius 3 is 2.33 bits per heavy atom. The van der Waals surface area contributed by atoms with Crippen LogP contribution in [0.3, 0.4) is 0 Å². The van der Waals surface area contributed by atoms with Crippen LogP contribution in [0.4, 0.5) is 0 Å². The molecule has 1 saturated heterocycles. The molecule has 0 saturated carbocycles. The number of aldehydes is 1. The second kappa shape index (κ2) is 16.7. The Balaban J connectivity index is 2.48. The molecule has 2 aliphatic rings. The Bertz CT molecular complexity index is 952. The molecular formula is C31H51NO10. The molecule has 0 amide bonds. The van der Waals surface area contributed by atoms with Gasteiger partial charge >= 0.3 is 5.97 Å². The number of aliphatic hydroxyl groups excluding tert-OH is 3. The Kier molecular flexibility index (Phi) is 14.4. The maximum atomic E-state index is 13.1. The Morgan fingerprint density at radius 2 is 1.76 bits per heavy atom. The molecule has 2 rings (SSSR count). The molecule has 2 aliphatic heterocycles. The molecule has 0 bridgehead atoms. The number of allylic oxidation sites excluding steroid dienone is 3. The van der Waals surface area contributed by atoms with Gasteiger partial charge < -0.3 is 44.0 Å². The normalized spacial score (nSPS) is 41.6. The van der Waals surface area contributed by atoms with Gasteiger partial charge in [0.15, 0.2) is 12.1 Å². The maximum Gasteiger partial charge on any atom is 0.308 e. The maximum absolute atomic E-state index is 13.1. The third-order valence-electron chi connectivity index (χ3n) is 8.41. The zero-order chi connectivity index (χ0) is 31.7. The molecule has 0 aromatic heterocycles. The predicted octanol–water partition coefficient (Wildman–Crippen LogP) is 1.67. The molecule has 1 fully saturated rings. The largest absolute Gasteiger partial charge is 0.462 e. The van der Waals surface area contributed by atoms with Crippen LogP contribution in [-0.2, 0) is 33.3 Å². The molecule has 42 heavy (non-hydrogen) atoms. The minimum Gasteiger partial charge on any atom is -0.462 e. The Labute approximate surface area is 249 Å². The van der Waals surface area contributed by atoms with Crippen molar-refractivity contribution < 1.29 is 48.7 Å². The monoisotopic (exact) mass is 597 g/mol. The van der Waals surface area contributed by atoms with Gasteiger partial charge in [0.2, 0.25) is 0 Å². The summed E-state index contributed by atoms with van der Waals surface area (Å²) in [5, 5.41) is 32.9. The van der Waals surface area contributed by atoms with E-state index in [9.17, 15) is 29.7 Å². The SMILES string of the molecule is CC[C@H]1OC(=O)C[C@@H](O)[C@H](C)[C@@H](O[C@@H]2O[C@H](C)[C@@H](O)[C@H](N(C)C)[C@H]2O)C(C=O)C[C@@H](C)C(=O)/C=C\C(C)=C\[C@@H]1COC. The molecule has 12 atom stereocenters. The number of cyclic esters (lactones) is 1. The molecule has 11 nitrogen and oxygen atoms in total. The number of rotatable bonds is 7. The van der Waals surface area contributed by atoms with Crippen molar-refractivity contribution >= 4 is 18.0 Å². The highest BCUT2D eigenvalue weighted by Crippen LogP contribution is 2.32. The van der Waals surface area contributed by atoms with E-state index in [4.69, 9.17) is 18.9 Å².